The average Bonchev–Trinajstić information content (AvgIpc) is 3.78. The van der Waals surface area contributed by atoms with Crippen LogP contribution >= 0.6 is 0 Å². The van der Waals surface area contributed by atoms with Crippen LogP contribution in [0.3, 0.4) is 0 Å². The number of hydrogen-bond acceptors (Lipinski definition) is 17. The van der Waals surface area contributed by atoms with E-state index in [-0.39, 0.29) is 54.8 Å². The van der Waals surface area contributed by atoms with E-state index < -0.39 is 29.7 Å². The minimum Gasteiger partial charge on any atom is -0.382 e. The van der Waals surface area contributed by atoms with Crippen molar-refractivity contribution in [2.75, 3.05) is 116 Å². The number of rotatable bonds is 32. The van der Waals surface area contributed by atoms with Crippen LogP contribution in [0.2, 0.25) is 0 Å². The van der Waals surface area contributed by atoms with Crippen molar-refractivity contribution < 1.29 is 57.2 Å². The molecule has 0 radical (unpaired) electrons. The number of ether oxygens (including phenoxy) is 5. The van der Waals surface area contributed by atoms with E-state index in [4.69, 9.17) is 34.1 Å². The topological polar surface area (TPSA) is 248 Å². The molecule has 2 saturated heterocycles. The molecule has 1 aliphatic carbocycles. The number of ketones is 2. The van der Waals surface area contributed by atoms with Gasteiger partial charge in [0.1, 0.15) is 11.9 Å². The monoisotopic (exact) mass is 1090 g/mol. The lowest BCUT2D eigenvalue weighted by atomic mass is 9.88. The molecule has 424 valence electrons. The zero-order chi connectivity index (χ0) is 56.3. The zero-order valence-electron chi connectivity index (χ0n) is 46.1. The van der Waals surface area contributed by atoms with Gasteiger partial charge in [0.2, 0.25) is 17.7 Å². The van der Waals surface area contributed by atoms with Crippen molar-refractivity contribution in [3.8, 4) is 11.1 Å². The number of aromatic nitrogens is 1. The number of piperidine rings is 1. The Bertz CT molecular complexity index is 2750. The van der Waals surface area contributed by atoms with Crippen LogP contribution in [0.25, 0.3) is 11.1 Å². The van der Waals surface area contributed by atoms with Crippen LogP contribution in [0.15, 0.2) is 71.5 Å². The molecule has 4 N–H and O–H groups in total. The number of pyridine rings is 1. The number of imide groups is 2. The van der Waals surface area contributed by atoms with Gasteiger partial charge < -0.3 is 44.6 Å². The molecule has 0 spiro atoms. The summed E-state index contributed by atoms with van der Waals surface area (Å²) < 4.78 is 28.0. The molecule has 4 aliphatic rings. The van der Waals surface area contributed by atoms with E-state index in [9.17, 15) is 33.6 Å². The van der Waals surface area contributed by atoms with Gasteiger partial charge in [0, 0.05) is 112 Å². The van der Waals surface area contributed by atoms with E-state index in [2.05, 4.69) is 25.8 Å². The van der Waals surface area contributed by atoms with Gasteiger partial charge in [-0.15, -0.1) is 0 Å². The Balaban J connectivity index is 0.682. The maximum Gasteiger partial charge on any atom is 0.262 e. The molecule has 0 bridgehead atoms. The second kappa shape index (κ2) is 30.0. The van der Waals surface area contributed by atoms with Gasteiger partial charge in [0.15, 0.2) is 11.6 Å². The van der Waals surface area contributed by atoms with Crippen LogP contribution in [0.1, 0.15) is 115 Å². The first-order chi connectivity index (χ1) is 38.2. The van der Waals surface area contributed by atoms with Crippen molar-refractivity contribution in [2.24, 2.45) is 0 Å². The molecule has 4 heterocycles. The third kappa shape index (κ3) is 16.9. The molecule has 7 rings (SSSR count). The summed E-state index contributed by atoms with van der Waals surface area (Å²) in [5.74, 6) is -1.32. The van der Waals surface area contributed by atoms with Gasteiger partial charge in [-0.1, -0.05) is 23.8 Å². The summed E-state index contributed by atoms with van der Waals surface area (Å²) in [4.78, 5) is 99.7. The number of benzene rings is 2. The molecule has 79 heavy (non-hydrogen) atoms. The molecule has 3 aromatic rings. The average molecular weight is 1090 g/mol. The van der Waals surface area contributed by atoms with Crippen LogP contribution in [0, 0.1) is 5.41 Å². The molecule has 20 heteroatoms. The van der Waals surface area contributed by atoms with Crippen LogP contribution < -0.4 is 20.9 Å². The molecular weight excluding hydrogens is 1010 g/mol. The summed E-state index contributed by atoms with van der Waals surface area (Å²) in [6.45, 7) is 16.3. The summed E-state index contributed by atoms with van der Waals surface area (Å²) in [7, 11) is 0. The SMILES string of the molecule is CC1=CC(C)=C(CCC(=O)c2cc(-c3ccc(N4CCN(CCNC(=O)CCOCCOCCOCCOCCOCCCc5cccc6c5C(=O)N(C5CCC(=O)NC5=O)C6=O)CC4)nc3)cc(NC(C)C)c2C=N)C(=O)C1. The van der Waals surface area contributed by atoms with Gasteiger partial charge in [-0.05, 0) is 106 Å². The highest BCUT2D eigenvalue weighted by molar-refractivity contribution is 6.24. The Morgan fingerprint density at radius 3 is 2.13 bits per heavy atom. The smallest absolute Gasteiger partial charge is 0.262 e. The molecule has 2 aromatic carbocycles. The Hall–Kier alpha value is -6.81. The normalized spacial score (nSPS) is 16.9. The number of allylic oxidation sites excluding steroid dienone is 4. The first-order valence-electron chi connectivity index (χ1n) is 27.5. The van der Waals surface area contributed by atoms with Crippen LogP contribution in [0.5, 0.6) is 0 Å². The number of Topliss-reactive ketones (excluding diaryl/α,β-unsaturated/α-hetero) is 2. The van der Waals surface area contributed by atoms with E-state index in [1.54, 1.807) is 18.2 Å². The lowest BCUT2D eigenvalue weighted by Gasteiger charge is -2.35. The Labute approximate surface area is 462 Å². The van der Waals surface area contributed by atoms with Gasteiger partial charge >= 0.3 is 0 Å². The summed E-state index contributed by atoms with van der Waals surface area (Å²) in [6.07, 6.45) is 7.55. The maximum atomic E-state index is 13.8. The fraction of sp³-hybridized carbons (Fsp3) is 0.508. The lowest BCUT2D eigenvalue weighted by molar-refractivity contribution is -0.136. The summed E-state index contributed by atoms with van der Waals surface area (Å²) in [5, 5.41) is 16.9. The molecule has 5 amide bonds. The Morgan fingerprint density at radius 2 is 1.49 bits per heavy atom. The van der Waals surface area contributed by atoms with E-state index >= 15 is 0 Å². The fourth-order valence-electron chi connectivity index (χ4n) is 10.1. The number of hydrogen-bond donors (Lipinski definition) is 4. The third-order valence-electron chi connectivity index (χ3n) is 14.2. The molecule has 0 saturated carbocycles. The first-order valence-corrected chi connectivity index (χ1v) is 27.5. The van der Waals surface area contributed by atoms with Gasteiger partial charge in [0.05, 0.1) is 70.6 Å². The molecule has 1 unspecified atom stereocenters. The number of anilines is 2. The van der Waals surface area contributed by atoms with Gasteiger partial charge in [0.25, 0.3) is 11.8 Å². The minimum atomic E-state index is -0.999. The predicted molar refractivity (Wildman–Crippen MR) is 298 cm³/mol. The largest absolute Gasteiger partial charge is 0.382 e. The van der Waals surface area contributed by atoms with Crippen molar-refractivity contribution in [1.82, 2.24) is 25.4 Å². The van der Waals surface area contributed by atoms with Crippen LogP contribution in [-0.4, -0.2) is 180 Å². The van der Waals surface area contributed by atoms with Crippen molar-refractivity contribution in [3.05, 3.63) is 99.3 Å². The predicted octanol–water partition coefficient (Wildman–Crippen LogP) is 5.51. The number of fused-ring (bicyclic) bond motifs is 1. The molecular formula is C59H76N8O12. The highest BCUT2D eigenvalue weighted by Crippen LogP contribution is 2.33. The second-order valence-corrected chi connectivity index (χ2v) is 20.4. The van der Waals surface area contributed by atoms with Crippen molar-refractivity contribution in [2.45, 2.75) is 91.1 Å². The van der Waals surface area contributed by atoms with Gasteiger partial charge in [-0.2, -0.15) is 0 Å². The molecule has 2 fully saturated rings. The Morgan fingerprint density at radius 1 is 0.810 bits per heavy atom. The first kappa shape index (κ1) is 59.8. The van der Waals surface area contributed by atoms with Gasteiger partial charge in [-0.3, -0.25) is 48.7 Å². The summed E-state index contributed by atoms with van der Waals surface area (Å²) in [6, 6.07) is 12.0. The zero-order valence-corrected chi connectivity index (χ0v) is 46.1. The number of carbonyl (C=O) groups excluding carboxylic acids is 7. The quantitative estimate of drug-likeness (QED) is 0.0261. The van der Waals surface area contributed by atoms with E-state index in [1.807, 2.05) is 64.2 Å². The molecule has 20 nitrogen and oxygen atoms in total. The molecule has 3 aliphatic heterocycles. The third-order valence-corrected chi connectivity index (χ3v) is 14.2. The van der Waals surface area contributed by atoms with Crippen molar-refractivity contribution in [1.29, 1.82) is 5.41 Å². The standard InChI is InChI=1S/C59H76N8O12/c1-39(2)63-49-36-44(35-47(48(49)37-60)51(68)13-11-45-41(4)33-40(3)34-52(45)69)43-10-14-53(62-38-43)66-21-19-65(20-22-66)18-17-61-54(70)16-24-76-26-28-78-30-32-79-31-29-77-27-25-75-23-6-8-42-7-5-9-46-56(42)59(74)67(58(46)73)50-12-15-55(71)64-57(50)72/h5,7,9-10,14,33,35-39,50,60,63H,6,8,11-13,15-32,34H2,1-4H3,(H,61,70)(H,64,71,72). The highest BCUT2D eigenvalue weighted by atomic mass is 16.6. The van der Waals surface area contributed by atoms with Crippen LogP contribution in [-0.2, 0) is 49.3 Å². The second-order valence-electron chi connectivity index (χ2n) is 20.4. The van der Waals surface area contributed by atoms with E-state index in [1.165, 1.54) is 6.21 Å². The lowest BCUT2D eigenvalue weighted by Crippen LogP contribution is -2.54. The Kier molecular flexibility index (Phi) is 22.7. The minimum absolute atomic E-state index is 0.0643. The van der Waals surface area contributed by atoms with Crippen molar-refractivity contribution >= 4 is 58.8 Å². The fourth-order valence-corrected chi connectivity index (χ4v) is 10.1. The van der Waals surface area contributed by atoms with E-state index in [0.29, 0.717) is 132 Å². The summed E-state index contributed by atoms with van der Waals surface area (Å²) >= 11 is 0. The number of nitrogens with one attached hydrogen (secondary N) is 4. The maximum absolute atomic E-state index is 13.8. The summed E-state index contributed by atoms with van der Waals surface area (Å²) in [5.41, 5.74) is 7.28. The number of aryl methyl sites for hydroxylation is 1. The number of piperazine rings is 1. The molecule has 1 aromatic heterocycles. The highest BCUT2D eigenvalue weighted by Gasteiger charge is 2.45. The molecule has 1 atom stereocenters. The number of nitrogens with zero attached hydrogens (tertiary/aromatic N) is 4. The van der Waals surface area contributed by atoms with Crippen LogP contribution in [0.4, 0.5) is 11.5 Å². The van der Waals surface area contributed by atoms with E-state index in [0.717, 1.165) is 65.7 Å². The number of carbonyl (C=O) groups is 7. The van der Waals surface area contributed by atoms with Gasteiger partial charge in [-0.25, -0.2) is 4.98 Å². The number of amides is 5. The van der Waals surface area contributed by atoms with Crippen molar-refractivity contribution in [3.63, 3.8) is 0 Å².